The Morgan fingerprint density at radius 2 is 2.00 bits per heavy atom. The maximum atomic E-state index is 13.6. The largest absolute Gasteiger partial charge is 0.473 e. The number of pyridine rings is 1. The molecule has 5 nitrogen and oxygen atoms in total. The molecule has 0 aliphatic carbocycles. The third kappa shape index (κ3) is 4.03. The van der Waals surface area contributed by atoms with Crippen LogP contribution < -0.4 is 10.1 Å². The maximum Gasteiger partial charge on any atom is 0.321 e. The molecule has 1 aliphatic rings. The highest BCUT2D eigenvalue weighted by Gasteiger charge is 2.25. The summed E-state index contributed by atoms with van der Waals surface area (Å²) in [5, 5.41) is 2.60. The van der Waals surface area contributed by atoms with E-state index < -0.39 is 5.82 Å². The number of nitrogens with one attached hydrogen (secondary N) is 1. The number of aromatic nitrogens is 1. The molecule has 0 atom stereocenters. The molecule has 0 saturated carbocycles. The molecule has 0 bridgehead atoms. The standard InChI is InChI=1S/C17H17BrFN3O2/c18-13-4-3-9-20-16(13)24-12-7-10-22(11-8-12)17(23)21-15-6-2-1-5-14(15)19/h1-6,9,12H,7-8,10-11H2,(H,21,23). The van der Waals surface area contributed by atoms with Gasteiger partial charge in [-0.1, -0.05) is 12.1 Å². The van der Waals surface area contributed by atoms with E-state index in [1.54, 1.807) is 29.3 Å². The number of carbonyl (C=O) groups excluding carboxylic acids is 1. The SMILES string of the molecule is O=C(Nc1ccccc1F)N1CCC(Oc2ncccc2Br)CC1. The number of amides is 2. The van der Waals surface area contributed by atoms with Gasteiger partial charge < -0.3 is 15.0 Å². The van der Waals surface area contributed by atoms with Crippen molar-refractivity contribution in [3.63, 3.8) is 0 Å². The summed E-state index contributed by atoms with van der Waals surface area (Å²) >= 11 is 3.40. The van der Waals surface area contributed by atoms with Gasteiger partial charge in [0.25, 0.3) is 0 Å². The Hall–Kier alpha value is -2.15. The lowest BCUT2D eigenvalue weighted by Crippen LogP contribution is -2.43. The van der Waals surface area contributed by atoms with Gasteiger partial charge in [0, 0.05) is 32.1 Å². The highest BCUT2D eigenvalue weighted by atomic mass is 79.9. The molecular weight excluding hydrogens is 377 g/mol. The van der Waals surface area contributed by atoms with E-state index >= 15 is 0 Å². The van der Waals surface area contributed by atoms with Crippen LogP contribution in [-0.2, 0) is 0 Å². The average molecular weight is 394 g/mol. The second kappa shape index (κ2) is 7.61. The van der Waals surface area contributed by atoms with Gasteiger partial charge in [-0.25, -0.2) is 14.2 Å². The van der Waals surface area contributed by atoms with Gasteiger partial charge in [0.2, 0.25) is 5.88 Å². The second-order valence-electron chi connectivity index (χ2n) is 5.50. The number of hydrogen-bond donors (Lipinski definition) is 1. The molecule has 7 heteroatoms. The van der Waals surface area contributed by atoms with E-state index in [4.69, 9.17) is 4.74 Å². The van der Waals surface area contributed by atoms with E-state index in [0.29, 0.717) is 31.8 Å². The average Bonchev–Trinajstić information content (AvgIpc) is 2.59. The molecule has 1 saturated heterocycles. The van der Waals surface area contributed by atoms with Crippen molar-refractivity contribution in [1.82, 2.24) is 9.88 Å². The molecule has 126 valence electrons. The van der Waals surface area contributed by atoms with Crippen LogP contribution in [0.4, 0.5) is 14.9 Å². The molecule has 1 fully saturated rings. The zero-order valence-corrected chi connectivity index (χ0v) is 14.5. The summed E-state index contributed by atoms with van der Waals surface area (Å²) in [6.45, 7) is 1.10. The first-order valence-corrected chi connectivity index (χ1v) is 8.50. The van der Waals surface area contributed by atoms with Crippen molar-refractivity contribution in [1.29, 1.82) is 0 Å². The van der Waals surface area contributed by atoms with Crippen molar-refractivity contribution in [2.24, 2.45) is 0 Å². The predicted octanol–water partition coefficient (Wildman–Crippen LogP) is 4.06. The first-order valence-electron chi connectivity index (χ1n) is 7.71. The lowest BCUT2D eigenvalue weighted by Gasteiger charge is -2.32. The van der Waals surface area contributed by atoms with Gasteiger partial charge in [-0.3, -0.25) is 0 Å². The second-order valence-corrected chi connectivity index (χ2v) is 6.36. The number of para-hydroxylation sites is 1. The summed E-state index contributed by atoms with van der Waals surface area (Å²) in [5.74, 6) is 0.121. The number of rotatable bonds is 3. The molecule has 1 aromatic heterocycles. The zero-order chi connectivity index (χ0) is 16.9. The van der Waals surface area contributed by atoms with Crippen molar-refractivity contribution < 1.29 is 13.9 Å². The fourth-order valence-electron chi connectivity index (χ4n) is 2.55. The number of ether oxygens (including phenoxy) is 1. The topological polar surface area (TPSA) is 54.5 Å². The van der Waals surface area contributed by atoms with Crippen molar-refractivity contribution >= 4 is 27.6 Å². The molecule has 1 aliphatic heterocycles. The number of piperidine rings is 1. The molecular formula is C17H17BrFN3O2. The lowest BCUT2D eigenvalue weighted by atomic mass is 10.1. The van der Waals surface area contributed by atoms with E-state index in [-0.39, 0.29) is 17.8 Å². The van der Waals surface area contributed by atoms with Crippen LogP contribution in [0.2, 0.25) is 0 Å². The molecule has 2 amide bonds. The van der Waals surface area contributed by atoms with Gasteiger partial charge >= 0.3 is 6.03 Å². The number of hydrogen-bond acceptors (Lipinski definition) is 3. The van der Waals surface area contributed by atoms with E-state index in [9.17, 15) is 9.18 Å². The van der Waals surface area contributed by atoms with Gasteiger partial charge in [0.1, 0.15) is 11.9 Å². The zero-order valence-electron chi connectivity index (χ0n) is 12.9. The molecule has 2 heterocycles. The highest BCUT2D eigenvalue weighted by Crippen LogP contribution is 2.25. The van der Waals surface area contributed by atoms with Gasteiger partial charge in [-0.2, -0.15) is 0 Å². The van der Waals surface area contributed by atoms with E-state index in [0.717, 1.165) is 4.47 Å². The van der Waals surface area contributed by atoms with Crippen LogP contribution in [0.25, 0.3) is 0 Å². The molecule has 3 rings (SSSR count). The van der Waals surface area contributed by atoms with Crippen LogP contribution >= 0.6 is 15.9 Å². The van der Waals surface area contributed by atoms with Crippen LogP contribution in [0.15, 0.2) is 47.1 Å². The number of anilines is 1. The Morgan fingerprint density at radius 1 is 1.25 bits per heavy atom. The number of urea groups is 1. The summed E-state index contributed by atoms with van der Waals surface area (Å²) in [7, 11) is 0. The Morgan fingerprint density at radius 3 is 2.71 bits per heavy atom. The van der Waals surface area contributed by atoms with Crippen LogP contribution in [-0.4, -0.2) is 35.1 Å². The van der Waals surface area contributed by atoms with Crippen molar-refractivity contribution in [2.75, 3.05) is 18.4 Å². The normalized spacial score (nSPS) is 15.2. The Labute approximate surface area is 148 Å². The quantitative estimate of drug-likeness (QED) is 0.855. The first kappa shape index (κ1) is 16.7. The lowest BCUT2D eigenvalue weighted by molar-refractivity contribution is 0.111. The van der Waals surface area contributed by atoms with Gasteiger partial charge in [-0.15, -0.1) is 0 Å². The van der Waals surface area contributed by atoms with Crippen molar-refractivity contribution in [3.05, 3.63) is 52.9 Å². The van der Waals surface area contributed by atoms with Crippen molar-refractivity contribution in [3.8, 4) is 5.88 Å². The molecule has 1 N–H and O–H groups in total. The minimum Gasteiger partial charge on any atom is -0.473 e. The van der Waals surface area contributed by atoms with E-state index in [1.165, 1.54) is 6.07 Å². The number of nitrogens with zero attached hydrogens (tertiary/aromatic N) is 2. The van der Waals surface area contributed by atoms with E-state index in [2.05, 4.69) is 26.2 Å². The van der Waals surface area contributed by atoms with Crippen LogP contribution in [0, 0.1) is 5.82 Å². The predicted molar refractivity (Wildman–Crippen MR) is 92.6 cm³/mol. The van der Waals surface area contributed by atoms with E-state index in [1.807, 2.05) is 12.1 Å². The monoisotopic (exact) mass is 393 g/mol. The van der Waals surface area contributed by atoms with Crippen LogP contribution in [0.3, 0.4) is 0 Å². The number of carbonyl (C=O) groups is 1. The first-order chi connectivity index (χ1) is 11.6. The van der Waals surface area contributed by atoms with Crippen LogP contribution in [0.1, 0.15) is 12.8 Å². The highest BCUT2D eigenvalue weighted by molar-refractivity contribution is 9.10. The summed E-state index contributed by atoms with van der Waals surface area (Å²) in [6, 6.07) is 9.54. The van der Waals surface area contributed by atoms with Gasteiger partial charge in [0.15, 0.2) is 0 Å². The molecule has 0 spiro atoms. The van der Waals surface area contributed by atoms with Gasteiger partial charge in [-0.05, 0) is 40.2 Å². The maximum absolute atomic E-state index is 13.6. The Bertz CT molecular complexity index is 720. The molecule has 0 unspecified atom stereocenters. The van der Waals surface area contributed by atoms with Gasteiger partial charge in [0.05, 0.1) is 10.2 Å². The Balaban J connectivity index is 1.52. The smallest absolute Gasteiger partial charge is 0.321 e. The molecule has 0 radical (unpaired) electrons. The summed E-state index contributed by atoms with van der Waals surface area (Å²) in [5.41, 5.74) is 0.193. The molecule has 2 aromatic rings. The Kier molecular flexibility index (Phi) is 5.30. The molecule has 24 heavy (non-hydrogen) atoms. The fraction of sp³-hybridized carbons (Fsp3) is 0.294. The third-order valence-corrected chi connectivity index (χ3v) is 4.45. The number of halogens is 2. The summed E-state index contributed by atoms with van der Waals surface area (Å²) in [4.78, 5) is 18.1. The minimum absolute atomic E-state index is 0.00807. The summed E-state index contributed by atoms with van der Waals surface area (Å²) in [6.07, 6.45) is 3.09. The number of likely N-dealkylation sites (tertiary alicyclic amines) is 1. The fourth-order valence-corrected chi connectivity index (χ4v) is 2.90. The molecule has 1 aromatic carbocycles. The summed E-state index contributed by atoms with van der Waals surface area (Å²) < 4.78 is 20.3. The minimum atomic E-state index is -0.441. The van der Waals surface area contributed by atoms with Crippen molar-refractivity contribution in [2.45, 2.75) is 18.9 Å². The van der Waals surface area contributed by atoms with Crippen LogP contribution in [0.5, 0.6) is 5.88 Å². The number of benzene rings is 1. The third-order valence-electron chi connectivity index (χ3n) is 3.85.